The number of rotatable bonds is 6. The fraction of sp³-hybridized carbons (Fsp3) is 0.194. The number of benzene rings is 3. The second-order valence-corrected chi connectivity index (χ2v) is 11.3. The molecule has 3 heterocycles. The summed E-state index contributed by atoms with van der Waals surface area (Å²) in [4.78, 5) is 16.0. The van der Waals surface area contributed by atoms with Crippen LogP contribution in [0.5, 0.6) is 0 Å². The number of nitrogens with zero attached hydrogens (tertiary/aromatic N) is 4. The Bertz CT molecular complexity index is 1820. The fourth-order valence-corrected chi connectivity index (χ4v) is 4.95. The predicted molar refractivity (Wildman–Crippen MR) is 160 cm³/mol. The zero-order valence-electron chi connectivity index (χ0n) is 23.3. The van der Waals surface area contributed by atoms with Gasteiger partial charge in [-0.3, -0.25) is 14.4 Å². The van der Waals surface area contributed by atoms with Crippen molar-refractivity contribution in [3.63, 3.8) is 0 Å². The van der Waals surface area contributed by atoms with Crippen molar-refractivity contribution in [2.45, 2.75) is 17.6 Å². The van der Waals surface area contributed by atoms with E-state index in [1.165, 1.54) is 24.3 Å². The SMILES string of the molecule is FC(F)(F)c1ccc(Nc2cc(-c3ccc4cccnc4c3)nc(CN3CCOCC3)n2)cc1.O=S(=O)(O)c1ccccc1. The van der Waals surface area contributed by atoms with E-state index in [2.05, 4.69) is 20.2 Å². The van der Waals surface area contributed by atoms with Crippen LogP contribution in [0.2, 0.25) is 0 Å². The van der Waals surface area contributed by atoms with Crippen LogP contribution in [0.4, 0.5) is 24.7 Å². The Hall–Kier alpha value is -4.43. The third-order valence-corrected chi connectivity index (χ3v) is 7.54. The highest BCUT2D eigenvalue weighted by molar-refractivity contribution is 7.85. The van der Waals surface area contributed by atoms with Gasteiger partial charge in [0.2, 0.25) is 0 Å². The van der Waals surface area contributed by atoms with Crippen molar-refractivity contribution in [1.82, 2.24) is 19.9 Å². The van der Waals surface area contributed by atoms with Gasteiger partial charge in [-0.15, -0.1) is 0 Å². The molecule has 228 valence electrons. The minimum Gasteiger partial charge on any atom is -0.379 e. The van der Waals surface area contributed by atoms with Crippen molar-refractivity contribution >= 4 is 32.5 Å². The van der Waals surface area contributed by atoms with Crippen molar-refractivity contribution in [3.05, 3.63) is 109 Å². The predicted octanol–water partition coefficient (Wildman–Crippen LogP) is 6.22. The number of anilines is 2. The minimum absolute atomic E-state index is 0.0741. The van der Waals surface area contributed by atoms with Crippen molar-refractivity contribution in [1.29, 1.82) is 0 Å². The largest absolute Gasteiger partial charge is 0.416 e. The Kier molecular flexibility index (Phi) is 9.49. The maximum atomic E-state index is 12.9. The van der Waals surface area contributed by atoms with Crippen molar-refractivity contribution in [2.24, 2.45) is 0 Å². The van der Waals surface area contributed by atoms with Gasteiger partial charge in [-0.2, -0.15) is 21.6 Å². The molecule has 2 N–H and O–H groups in total. The van der Waals surface area contributed by atoms with E-state index < -0.39 is 21.9 Å². The molecule has 0 amide bonds. The van der Waals surface area contributed by atoms with E-state index in [-0.39, 0.29) is 4.90 Å². The summed E-state index contributed by atoms with van der Waals surface area (Å²) in [7, 11) is -4.00. The lowest BCUT2D eigenvalue weighted by Crippen LogP contribution is -2.36. The molecule has 0 aliphatic carbocycles. The zero-order valence-corrected chi connectivity index (χ0v) is 24.1. The zero-order chi connectivity index (χ0) is 31.2. The molecule has 1 aliphatic rings. The minimum atomic E-state index is -4.38. The molecule has 0 radical (unpaired) electrons. The van der Waals surface area contributed by atoms with Gasteiger partial charge in [0.1, 0.15) is 11.6 Å². The highest BCUT2D eigenvalue weighted by Crippen LogP contribution is 2.31. The Morgan fingerprint density at radius 2 is 1.61 bits per heavy atom. The van der Waals surface area contributed by atoms with E-state index in [4.69, 9.17) is 14.3 Å². The van der Waals surface area contributed by atoms with Gasteiger partial charge in [0, 0.05) is 42.0 Å². The van der Waals surface area contributed by atoms with E-state index in [0.717, 1.165) is 41.7 Å². The van der Waals surface area contributed by atoms with Crippen LogP contribution >= 0.6 is 0 Å². The summed E-state index contributed by atoms with van der Waals surface area (Å²) in [6, 6.07) is 23.9. The molecule has 2 aromatic heterocycles. The molecule has 1 fully saturated rings. The van der Waals surface area contributed by atoms with Crippen LogP contribution in [-0.2, 0) is 27.6 Å². The first-order chi connectivity index (χ1) is 21.0. The Balaban J connectivity index is 0.000000328. The number of nitrogens with one attached hydrogen (secondary N) is 1. The number of aromatic nitrogens is 3. The lowest BCUT2D eigenvalue weighted by Gasteiger charge is -2.26. The van der Waals surface area contributed by atoms with Crippen LogP contribution in [0.1, 0.15) is 11.4 Å². The van der Waals surface area contributed by atoms with Gasteiger partial charge in [-0.1, -0.05) is 36.4 Å². The molecular formula is C31H28F3N5O4S. The molecule has 1 aliphatic heterocycles. The van der Waals surface area contributed by atoms with E-state index >= 15 is 0 Å². The van der Waals surface area contributed by atoms with Gasteiger partial charge in [0.25, 0.3) is 10.1 Å². The summed E-state index contributed by atoms with van der Waals surface area (Å²) in [5.41, 5.74) is 2.26. The summed E-state index contributed by atoms with van der Waals surface area (Å²) >= 11 is 0. The highest BCUT2D eigenvalue weighted by Gasteiger charge is 2.30. The lowest BCUT2D eigenvalue weighted by molar-refractivity contribution is -0.137. The van der Waals surface area contributed by atoms with Crippen molar-refractivity contribution in [2.75, 3.05) is 31.6 Å². The molecule has 9 nitrogen and oxygen atoms in total. The van der Waals surface area contributed by atoms with E-state index in [1.54, 1.807) is 30.5 Å². The van der Waals surface area contributed by atoms with E-state index in [9.17, 15) is 21.6 Å². The Morgan fingerprint density at radius 1 is 0.886 bits per heavy atom. The van der Waals surface area contributed by atoms with E-state index in [0.29, 0.717) is 42.8 Å². The first kappa shape index (κ1) is 31.0. The maximum absolute atomic E-state index is 12.9. The summed E-state index contributed by atoms with van der Waals surface area (Å²) < 4.78 is 73.4. The molecule has 0 spiro atoms. The van der Waals surface area contributed by atoms with Gasteiger partial charge >= 0.3 is 6.18 Å². The number of hydrogen-bond donors (Lipinski definition) is 2. The average Bonchev–Trinajstić information content (AvgIpc) is 3.01. The van der Waals surface area contributed by atoms with Crippen LogP contribution < -0.4 is 5.32 Å². The standard InChI is InChI=1S/C25H22F3N5O.C6H6O3S/c26-25(27,28)19-5-7-20(8-6-19)30-23-15-22(18-4-3-17-2-1-9-29-21(17)14-18)31-24(32-23)16-33-10-12-34-13-11-33;7-10(8,9)6-4-2-1-3-5-6/h1-9,14-15H,10-13,16H2,(H,30,31,32);1-5H,(H,7,8,9). The summed E-state index contributed by atoms with van der Waals surface area (Å²) in [6.07, 6.45) is -2.64. The number of hydrogen-bond acceptors (Lipinski definition) is 8. The average molecular weight is 624 g/mol. The van der Waals surface area contributed by atoms with Crippen LogP contribution in [-0.4, -0.2) is 59.1 Å². The second-order valence-electron chi connectivity index (χ2n) is 9.84. The summed E-state index contributed by atoms with van der Waals surface area (Å²) in [5.74, 6) is 1.13. The van der Waals surface area contributed by atoms with Crippen molar-refractivity contribution < 1.29 is 30.9 Å². The summed E-state index contributed by atoms with van der Waals surface area (Å²) in [5, 5.41) is 4.16. The molecule has 6 rings (SSSR count). The topological polar surface area (TPSA) is 118 Å². The molecule has 1 saturated heterocycles. The number of ether oxygens (including phenoxy) is 1. The lowest BCUT2D eigenvalue weighted by atomic mass is 10.1. The smallest absolute Gasteiger partial charge is 0.379 e. The number of alkyl halides is 3. The van der Waals surface area contributed by atoms with Crippen LogP contribution in [0.3, 0.4) is 0 Å². The molecule has 44 heavy (non-hydrogen) atoms. The van der Waals surface area contributed by atoms with Crippen LogP contribution in [0.25, 0.3) is 22.2 Å². The molecule has 3 aromatic carbocycles. The third-order valence-electron chi connectivity index (χ3n) is 6.67. The van der Waals surface area contributed by atoms with E-state index in [1.807, 2.05) is 30.3 Å². The molecule has 5 aromatic rings. The first-order valence-electron chi connectivity index (χ1n) is 13.5. The summed E-state index contributed by atoms with van der Waals surface area (Å²) in [6.45, 7) is 3.44. The number of pyridine rings is 1. The number of fused-ring (bicyclic) bond motifs is 1. The van der Waals surface area contributed by atoms with Gasteiger partial charge in [-0.05, 0) is 48.5 Å². The molecule has 0 saturated carbocycles. The molecule has 0 unspecified atom stereocenters. The number of morpholine rings is 1. The van der Waals surface area contributed by atoms with Gasteiger partial charge < -0.3 is 10.1 Å². The van der Waals surface area contributed by atoms with Crippen LogP contribution in [0, 0.1) is 0 Å². The quantitative estimate of drug-likeness (QED) is 0.213. The highest BCUT2D eigenvalue weighted by atomic mass is 32.2. The fourth-order valence-electron chi connectivity index (χ4n) is 4.45. The first-order valence-corrected chi connectivity index (χ1v) is 15.0. The molecule has 0 atom stereocenters. The van der Waals surface area contributed by atoms with Crippen LogP contribution in [0.15, 0.2) is 102 Å². The third kappa shape index (κ3) is 8.35. The Labute approximate surface area is 252 Å². The second kappa shape index (κ2) is 13.5. The normalized spacial score (nSPS) is 14.1. The number of halogens is 3. The molecule has 13 heteroatoms. The maximum Gasteiger partial charge on any atom is 0.416 e. The molecule has 0 bridgehead atoms. The Morgan fingerprint density at radius 3 is 2.27 bits per heavy atom. The van der Waals surface area contributed by atoms with Gasteiger partial charge in [0.05, 0.1) is 41.4 Å². The van der Waals surface area contributed by atoms with Gasteiger partial charge in [0.15, 0.2) is 0 Å². The van der Waals surface area contributed by atoms with Gasteiger partial charge in [-0.25, -0.2) is 9.97 Å². The molecular weight excluding hydrogens is 595 g/mol. The van der Waals surface area contributed by atoms with Crippen molar-refractivity contribution in [3.8, 4) is 11.3 Å². The monoisotopic (exact) mass is 623 g/mol.